The van der Waals surface area contributed by atoms with Gasteiger partial charge in [0.2, 0.25) is 0 Å². The molecule has 7 nitrogen and oxygen atoms in total. The number of thioether (sulfide) groups is 1. The molecule has 112 valence electrons. The number of hydrogen-bond donors (Lipinski definition) is 3. The number of ether oxygens (including phenoxy) is 1. The molecule has 1 aromatic rings. The molecule has 4 N–H and O–H groups in total. The maximum Gasteiger partial charge on any atom is 0.191 e. The summed E-state index contributed by atoms with van der Waals surface area (Å²) in [7, 11) is 0. The Morgan fingerprint density at radius 3 is 2.95 bits per heavy atom. The molecule has 1 fully saturated rings. The van der Waals surface area contributed by atoms with Crippen molar-refractivity contribution in [3.05, 3.63) is 6.07 Å². The van der Waals surface area contributed by atoms with Gasteiger partial charge < -0.3 is 20.2 Å². The highest BCUT2D eigenvalue weighted by molar-refractivity contribution is 7.98. The van der Waals surface area contributed by atoms with Crippen molar-refractivity contribution in [2.75, 3.05) is 36.3 Å². The van der Waals surface area contributed by atoms with Crippen molar-refractivity contribution in [2.45, 2.75) is 30.7 Å². The van der Waals surface area contributed by atoms with Gasteiger partial charge in [-0.3, -0.25) is 0 Å². The van der Waals surface area contributed by atoms with Crippen LogP contribution in [0.5, 0.6) is 0 Å². The number of aliphatic hydroxyl groups is 1. The average molecular weight is 299 g/mol. The van der Waals surface area contributed by atoms with Crippen molar-refractivity contribution in [3.8, 4) is 0 Å². The molecule has 0 spiro atoms. The number of aliphatic hydroxyl groups excluding tert-OH is 1. The standard InChI is InChI=1S/C12H21N5O2S/c1-12(2)7-17(5-8(6-18)19-12)10-4-9(16-13)14-11(15-10)20-3/h4,8,18H,5-7,13H2,1-3H3,(H,14,15,16). The van der Waals surface area contributed by atoms with Crippen molar-refractivity contribution >= 4 is 23.4 Å². The Kier molecular flexibility index (Phi) is 4.69. The summed E-state index contributed by atoms with van der Waals surface area (Å²) in [5, 5.41) is 10.0. The van der Waals surface area contributed by atoms with E-state index in [0.29, 0.717) is 24.1 Å². The first-order valence-corrected chi connectivity index (χ1v) is 7.63. The second-order valence-electron chi connectivity index (χ2n) is 5.31. The van der Waals surface area contributed by atoms with E-state index in [4.69, 9.17) is 10.6 Å². The van der Waals surface area contributed by atoms with E-state index >= 15 is 0 Å². The molecule has 0 aliphatic carbocycles. The number of nitrogens with zero attached hydrogens (tertiary/aromatic N) is 3. The van der Waals surface area contributed by atoms with Crippen molar-refractivity contribution in [1.82, 2.24) is 9.97 Å². The normalized spacial score (nSPS) is 21.9. The van der Waals surface area contributed by atoms with Crippen LogP contribution < -0.4 is 16.2 Å². The predicted octanol–water partition coefficient (Wildman–Crippen LogP) is 0.460. The predicted molar refractivity (Wildman–Crippen MR) is 79.9 cm³/mol. The second-order valence-corrected chi connectivity index (χ2v) is 6.08. The van der Waals surface area contributed by atoms with Crippen LogP contribution in [0.25, 0.3) is 0 Å². The molecule has 0 saturated carbocycles. The molecule has 2 rings (SSSR count). The van der Waals surface area contributed by atoms with E-state index in [0.717, 1.165) is 5.82 Å². The first kappa shape index (κ1) is 15.3. The summed E-state index contributed by atoms with van der Waals surface area (Å²) in [5.41, 5.74) is 2.21. The monoisotopic (exact) mass is 299 g/mol. The van der Waals surface area contributed by atoms with Crippen molar-refractivity contribution < 1.29 is 9.84 Å². The third-order valence-corrected chi connectivity index (χ3v) is 3.58. The van der Waals surface area contributed by atoms with E-state index in [1.807, 2.05) is 20.1 Å². The first-order chi connectivity index (χ1) is 9.47. The fourth-order valence-electron chi connectivity index (χ4n) is 2.31. The van der Waals surface area contributed by atoms with Crippen LogP contribution in [0.15, 0.2) is 11.2 Å². The number of nitrogens with two attached hydrogens (primary N) is 1. The number of morpholine rings is 1. The molecule has 8 heteroatoms. The van der Waals surface area contributed by atoms with Crippen molar-refractivity contribution in [2.24, 2.45) is 5.84 Å². The van der Waals surface area contributed by atoms with E-state index in [-0.39, 0.29) is 18.3 Å². The topological polar surface area (TPSA) is 96.5 Å². The van der Waals surface area contributed by atoms with Gasteiger partial charge >= 0.3 is 0 Å². The Labute approximate surface area is 122 Å². The number of aromatic nitrogens is 2. The summed E-state index contributed by atoms with van der Waals surface area (Å²) in [5.74, 6) is 6.80. The molecule has 1 unspecified atom stereocenters. The van der Waals surface area contributed by atoms with Gasteiger partial charge in [-0.25, -0.2) is 15.8 Å². The van der Waals surface area contributed by atoms with E-state index in [1.54, 1.807) is 6.07 Å². The molecule has 0 radical (unpaired) electrons. The number of hydrazine groups is 1. The van der Waals surface area contributed by atoms with Gasteiger partial charge in [0, 0.05) is 19.2 Å². The molecule has 1 aliphatic rings. The van der Waals surface area contributed by atoms with Crippen LogP contribution in [-0.2, 0) is 4.74 Å². The lowest BCUT2D eigenvalue weighted by molar-refractivity contribution is -0.101. The number of nitrogen functional groups attached to an aromatic ring is 1. The lowest BCUT2D eigenvalue weighted by Gasteiger charge is -2.42. The Hall–Kier alpha value is -1.09. The van der Waals surface area contributed by atoms with Crippen LogP contribution in [0.1, 0.15) is 13.8 Å². The first-order valence-electron chi connectivity index (χ1n) is 6.40. The van der Waals surface area contributed by atoms with Crippen LogP contribution in [0, 0.1) is 0 Å². The summed E-state index contributed by atoms with van der Waals surface area (Å²) < 4.78 is 5.81. The Morgan fingerprint density at radius 1 is 1.60 bits per heavy atom. The molecule has 0 aromatic carbocycles. The Balaban J connectivity index is 2.29. The fraction of sp³-hybridized carbons (Fsp3) is 0.667. The molecule has 0 bridgehead atoms. The van der Waals surface area contributed by atoms with Gasteiger partial charge in [-0.2, -0.15) is 0 Å². The van der Waals surface area contributed by atoms with Crippen LogP contribution in [-0.4, -0.2) is 52.7 Å². The van der Waals surface area contributed by atoms with E-state index in [9.17, 15) is 5.11 Å². The van der Waals surface area contributed by atoms with Gasteiger partial charge in [0.05, 0.1) is 18.3 Å². The Bertz CT molecular complexity index is 449. The SMILES string of the molecule is CSc1nc(NN)cc(N2CC(CO)OC(C)(C)C2)n1. The quantitative estimate of drug-likeness (QED) is 0.319. The average Bonchev–Trinajstić information content (AvgIpc) is 2.44. The zero-order valence-electron chi connectivity index (χ0n) is 12.0. The summed E-state index contributed by atoms with van der Waals surface area (Å²) in [6.45, 7) is 5.27. The molecule has 0 amide bonds. The lowest BCUT2D eigenvalue weighted by Crippen LogP contribution is -2.54. The van der Waals surface area contributed by atoms with Crippen LogP contribution in [0.4, 0.5) is 11.6 Å². The maximum atomic E-state index is 9.37. The number of rotatable bonds is 4. The largest absolute Gasteiger partial charge is 0.394 e. The van der Waals surface area contributed by atoms with E-state index < -0.39 is 0 Å². The van der Waals surface area contributed by atoms with Gasteiger partial charge in [-0.15, -0.1) is 0 Å². The van der Waals surface area contributed by atoms with Gasteiger partial charge in [-0.05, 0) is 20.1 Å². The summed E-state index contributed by atoms with van der Waals surface area (Å²) in [4.78, 5) is 10.8. The van der Waals surface area contributed by atoms with Crippen LogP contribution in [0.3, 0.4) is 0 Å². The third kappa shape index (κ3) is 3.51. The highest BCUT2D eigenvalue weighted by Gasteiger charge is 2.34. The van der Waals surface area contributed by atoms with Gasteiger partial charge in [0.15, 0.2) is 5.16 Å². The lowest BCUT2D eigenvalue weighted by atomic mass is 10.1. The zero-order chi connectivity index (χ0) is 14.8. The number of nitrogens with one attached hydrogen (secondary N) is 1. The van der Waals surface area contributed by atoms with Gasteiger partial charge in [-0.1, -0.05) is 11.8 Å². The molecular weight excluding hydrogens is 278 g/mol. The van der Waals surface area contributed by atoms with Crippen molar-refractivity contribution in [3.63, 3.8) is 0 Å². The molecule has 2 heterocycles. The molecule has 1 aromatic heterocycles. The minimum absolute atomic E-state index is 0.0115. The highest BCUT2D eigenvalue weighted by Crippen LogP contribution is 2.27. The van der Waals surface area contributed by atoms with Crippen LogP contribution >= 0.6 is 11.8 Å². The molecule has 20 heavy (non-hydrogen) atoms. The molecule has 1 aliphatic heterocycles. The Morgan fingerprint density at radius 2 is 2.35 bits per heavy atom. The number of hydrogen-bond acceptors (Lipinski definition) is 8. The number of anilines is 2. The summed E-state index contributed by atoms with van der Waals surface area (Å²) in [6, 6.07) is 1.80. The second kappa shape index (κ2) is 6.13. The summed E-state index contributed by atoms with van der Waals surface area (Å²) >= 11 is 1.46. The highest BCUT2D eigenvalue weighted by atomic mass is 32.2. The maximum absolute atomic E-state index is 9.37. The van der Waals surface area contributed by atoms with Gasteiger partial charge in [0.25, 0.3) is 0 Å². The minimum atomic E-state index is -0.341. The summed E-state index contributed by atoms with van der Waals surface area (Å²) in [6.07, 6.45) is 1.69. The molecule has 1 atom stereocenters. The van der Waals surface area contributed by atoms with Crippen LogP contribution in [0.2, 0.25) is 0 Å². The third-order valence-electron chi connectivity index (χ3n) is 3.03. The fourth-order valence-corrected chi connectivity index (χ4v) is 2.68. The van der Waals surface area contributed by atoms with Gasteiger partial charge in [0.1, 0.15) is 11.6 Å². The smallest absolute Gasteiger partial charge is 0.191 e. The van der Waals surface area contributed by atoms with Crippen molar-refractivity contribution in [1.29, 1.82) is 0 Å². The van der Waals surface area contributed by atoms with E-state index in [1.165, 1.54) is 11.8 Å². The zero-order valence-corrected chi connectivity index (χ0v) is 12.8. The minimum Gasteiger partial charge on any atom is -0.394 e. The molecule has 1 saturated heterocycles. The molecular formula is C12H21N5O2S. The van der Waals surface area contributed by atoms with E-state index in [2.05, 4.69) is 20.3 Å².